The summed E-state index contributed by atoms with van der Waals surface area (Å²) >= 11 is 0. The summed E-state index contributed by atoms with van der Waals surface area (Å²) in [6.07, 6.45) is 0. The highest BCUT2D eigenvalue weighted by molar-refractivity contribution is 5.92. The third kappa shape index (κ3) is 6.27. The van der Waals surface area contributed by atoms with Gasteiger partial charge in [0.2, 0.25) is 0 Å². The molecule has 1 amide bonds. The second-order valence-corrected chi connectivity index (χ2v) is 5.18. The third-order valence-corrected chi connectivity index (χ3v) is 3.34. The lowest BCUT2D eigenvalue weighted by Gasteiger charge is -2.11. The van der Waals surface area contributed by atoms with Gasteiger partial charge in [-0.2, -0.15) is 0 Å². The molecule has 0 bridgehead atoms. The lowest BCUT2D eigenvalue weighted by molar-refractivity contribution is -0.124. The summed E-state index contributed by atoms with van der Waals surface area (Å²) in [6.45, 7) is 0.666. The number of hydrogen-bond donors (Lipinski definition) is 1. The van der Waals surface area contributed by atoms with Crippen molar-refractivity contribution in [2.75, 3.05) is 26.9 Å². The second kappa shape index (κ2) is 10.1. The first kappa shape index (κ1) is 18.5. The van der Waals surface area contributed by atoms with Gasteiger partial charge in [0.05, 0.1) is 12.2 Å². The van der Waals surface area contributed by atoms with Gasteiger partial charge in [-0.25, -0.2) is 4.79 Å². The number of methoxy groups -OCH3 is 1. The molecule has 0 saturated heterocycles. The first-order valence-corrected chi connectivity index (χ1v) is 7.89. The molecule has 0 unspecified atom stereocenters. The van der Waals surface area contributed by atoms with Crippen LogP contribution in [0, 0.1) is 0 Å². The molecule has 0 heterocycles. The Bertz CT molecular complexity index is 687. The number of hydrogen-bond acceptors (Lipinski definition) is 5. The van der Waals surface area contributed by atoms with Crippen LogP contribution in [0.1, 0.15) is 15.9 Å². The predicted molar refractivity (Wildman–Crippen MR) is 92.4 cm³/mol. The summed E-state index contributed by atoms with van der Waals surface area (Å²) in [4.78, 5) is 23.8. The molecule has 0 saturated carbocycles. The number of rotatable bonds is 9. The maximum atomic E-state index is 12.2. The first-order chi connectivity index (χ1) is 12.2. The van der Waals surface area contributed by atoms with E-state index in [-0.39, 0.29) is 19.1 Å². The van der Waals surface area contributed by atoms with E-state index in [9.17, 15) is 9.59 Å². The van der Waals surface area contributed by atoms with Gasteiger partial charge in [0.15, 0.2) is 6.61 Å². The van der Waals surface area contributed by atoms with Crippen molar-refractivity contribution in [1.29, 1.82) is 0 Å². The van der Waals surface area contributed by atoms with Gasteiger partial charge in [-0.15, -0.1) is 0 Å². The molecule has 6 nitrogen and oxygen atoms in total. The van der Waals surface area contributed by atoms with E-state index < -0.39 is 5.97 Å². The molecule has 0 aromatic heterocycles. The Hall–Kier alpha value is -2.86. The van der Waals surface area contributed by atoms with Gasteiger partial charge >= 0.3 is 5.97 Å². The van der Waals surface area contributed by atoms with Gasteiger partial charge in [0, 0.05) is 19.2 Å². The smallest absolute Gasteiger partial charge is 0.339 e. The molecule has 0 radical (unpaired) electrons. The van der Waals surface area contributed by atoms with Crippen molar-refractivity contribution in [3.8, 4) is 5.75 Å². The van der Waals surface area contributed by atoms with E-state index in [1.54, 1.807) is 25.3 Å². The highest BCUT2D eigenvalue weighted by atomic mass is 16.5. The largest absolute Gasteiger partial charge is 0.489 e. The summed E-state index contributed by atoms with van der Waals surface area (Å²) in [5.41, 5.74) is 1.07. The lowest BCUT2D eigenvalue weighted by Crippen LogP contribution is -2.31. The minimum atomic E-state index is -0.561. The van der Waals surface area contributed by atoms with Crippen LogP contribution in [0.2, 0.25) is 0 Å². The third-order valence-electron chi connectivity index (χ3n) is 3.34. The highest BCUT2D eigenvalue weighted by Crippen LogP contribution is 2.15. The van der Waals surface area contributed by atoms with Gasteiger partial charge in [-0.3, -0.25) is 4.79 Å². The van der Waals surface area contributed by atoms with Crippen molar-refractivity contribution in [1.82, 2.24) is 5.32 Å². The zero-order chi connectivity index (χ0) is 17.9. The molecule has 2 rings (SSSR count). The van der Waals surface area contributed by atoms with Crippen LogP contribution < -0.4 is 10.1 Å². The minimum Gasteiger partial charge on any atom is -0.489 e. The quantitative estimate of drug-likeness (QED) is 0.558. The van der Waals surface area contributed by atoms with Crippen LogP contribution in [0.15, 0.2) is 54.6 Å². The maximum absolute atomic E-state index is 12.2. The fourth-order valence-corrected chi connectivity index (χ4v) is 2.08. The summed E-state index contributed by atoms with van der Waals surface area (Å²) < 4.78 is 15.6. The normalized spacial score (nSPS) is 10.1. The highest BCUT2D eigenvalue weighted by Gasteiger charge is 2.14. The molecule has 0 aliphatic rings. The Morgan fingerprint density at radius 1 is 1.00 bits per heavy atom. The molecule has 6 heteroatoms. The molecular weight excluding hydrogens is 322 g/mol. The molecule has 0 spiro atoms. The minimum absolute atomic E-state index is 0.231. The van der Waals surface area contributed by atoms with E-state index in [4.69, 9.17) is 14.2 Å². The zero-order valence-electron chi connectivity index (χ0n) is 14.1. The zero-order valence-corrected chi connectivity index (χ0v) is 14.1. The van der Waals surface area contributed by atoms with E-state index in [1.165, 1.54) is 0 Å². The lowest BCUT2D eigenvalue weighted by atomic mass is 10.1. The van der Waals surface area contributed by atoms with Crippen molar-refractivity contribution in [2.24, 2.45) is 0 Å². The Balaban J connectivity index is 1.90. The predicted octanol–water partition coefficient (Wildman–Crippen LogP) is 2.18. The van der Waals surface area contributed by atoms with Gasteiger partial charge in [-0.05, 0) is 18.2 Å². The number of ether oxygens (including phenoxy) is 3. The monoisotopic (exact) mass is 343 g/mol. The van der Waals surface area contributed by atoms with Crippen molar-refractivity contribution in [2.45, 2.75) is 6.61 Å². The van der Waals surface area contributed by atoms with Crippen molar-refractivity contribution in [3.05, 3.63) is 65.7 Å². The van der Waals surface area contributed by atoms with Gasteiger partial charge in [-0.1, -0.05) is 36.4 Å². The van der Waals surface area contributed by atoms with Gasteiger partial charge in [0.25, 0.3) is 5.91 Å². The summed E-state index contributed by atoms with van der Waals surface area (Å²) in [6, 6.07) is 16.3. The van der Waals surface area contributed by atoms with E-state index in [0.717, 1.165) is 0 Å². The van der Waals surface area contributed by atoms with Crippen molar-refractivity contribution >= 4 is 11.9 Å². The molecule has 0 fully saturated rings. The van der Waals surface area contributed by atoms with E-state index >= 15 is 0 Å². The molecule has 1 N–H and O–H groups in total. The van der Waals surface area contributed by atoms with E-state index in [1.807, 2.05) is 36.4 Å². The number of amides is 1. The van der Waals surface area contributed by atoms with Gasteiger partial charge < -0.3 is 19.5 Å². The standard InChI is InChI=1S/C19H21NO5/c1-23-12-11-20-18(21)14-25-19(22)17-10-6-5-7-15(17)13-24-16-8-3-2-4-9-16/h2-10H,11-14H2,1H3,(H,20,21). The van der Waals surface area contributed by atoms with Crippen LogP contribution in [0.25, 0.3) is 0 Å². The number of benzene rings is 2. The SMILES string of the molecule is COCCNC(=O)COC(=O)c1ccccc1COc1ccccc1. The van der Waals surface area contributed by atoms with Crippen LogP contribution in [0.5, 0.6) is 5.75 Å². The Morgan fingerprint density at radius 2 is 1.72 bits per heavy atom. The van der Waals surface area contributed by atoms with Crippen LogP contribution in [-0.4, -0.2) is 38.7 Å². The average Bonchev–Trinajstić information content (AvgIpc) is 2.66. The number of carbonyl (C=O) groups is 2. The average molecular weight is 343 g/mol. The Labute approximate surface area is 146 Å². The maximum Gasteiger partial charge on any atom is 0.339 e. The van der Waals surface area contributed by atoms with Crippen LogP contribution in [0.4, 0.5) is 0 Å². The molecule has 2 aromatic rings. The second-order valence-electron chi connectivity index (χ2n) is 5.18. The Kier molecular flexibility index (Phi) is 7.46. The molecule has 132 valence electrons. The molecule has 2 aromatic carbocycles. The number of esters is 1. The Morgan fingerprint density at radius 3 is 2.48 bits per heavy atom. The summed E-state index contributed by atoms with van der Waals surface area (Å²) in [5.74, 6) is -0.222. The first-order valence-electron chi connectivity index (χ1n) is 7.89. The molecule has 0 aliphatic heterocycles. The fraction of sp³-hybridized carbons (Fsp3) is 0.263. The van der Waals surface area contributed by atoms with Crippen molar-refractivity contribution < 1.29 is 23.8 Å². The van der Waals surface area contributed by atoms with Gasteiger partial charge in [0.1, 0.15) is 12.4 Å². The van der Waals surface area contributed by atoms with E-state index in [0.29, 0.717) is 30.0 Å². The summed E-state index contributed by atoms with van der Waals surface area (Å²) in [5, 5.41) is 2.59. The fourth-order valence-electron chi connectivity index (χ4n) is 2.08. The van der Waals surface area contributed by atoms with E-state index in [2.05, 4.69) is 5.32 Å². The molecular formula is C19H21NO5. The molecule has 0 atom stereocenters. The van der Waals surface area contributed by atoms with Crippen molar-refractivity contribution in [3.63, 3.8) is 0 Å². The summed E-state index contributed by atoms with van der Waals surface area (Å²) in [7, 11) is 1.54. The van der Waals surface area contributed by atoms with Crippen LogP contribution >= 0.6 is 0 Å². The van der Waals surface area contributed by atoms with Crippen LogP contribution in [0.3, 0.4) is 0 Å². The molecule has 25 heavy (non-hydrogen) atoms. The number of nitrogens with one attached hydrogen (secondary N) is 1. The number of para-hydroxylation sites is 1. The van der Waals surface area contributed by atoms with Crippen LogP contribution in [-0.2, 0) is 20.9 Å². The molecule has 0 aliphatic carbocycles. The number of carbonyl (C=O) groups excluding carboxylic acids is 2. The topological polar surface area (TPSA) is 73.9 Å².